The van der Waals surface area contributed by atoms with Gasteiger partial charge in [0.05, 0.1) is 5.02 Å². The maximum Gasteiger partial charge on any atom is 0.274 e. The van der Waals surface area contributed by atoms with Gasteiger partial charge < -0.3 is 5.32 Å². The molecule has 0 aliphatic heterocycles. The third-order valence-corrected chi connectivity index (χ3v) is 3.33. The smallest absolute Gasteiger partial charge is 0.274 e. The summed E-state index contributed by atoms with van der Waals surface area (Å²) in [5, 5.41) is 2.88. The van der Waals surface area contributed by atoms with Gasteiger partial charge in [0.2, 0.25) is 5.95 Å². The molecule has 3 rings (SSSR count). The van der Waals surface area contributed by atoms with Gasteiger partial charge in [-0.25, -0.2) is 9.37 Å². The lowest BCUT2D eigenvalue weighted by atomic mass is 10.2. The fraction of sp³-hybridized carbons (Fsp3) is 0.0667. The average Bonchev–Trinajstić information content (AvgIpc) is 2.83. The summed E-state index contributed by atoms with van der Waals surface area (Å²) in [5.74, 6) is -1.80. The maximum absolute atomic E-state index is 14.2. The van der Waals surface area contributed by atoms with Crippen LogP contribution in [-0.4, -0.2) is 15.3 Å². The number of carbonyl (C=O) groups excluding carboxylic acids is 1. The van der Waals surface area contributed by atoms with Gasteiger partial charge in [-0.3, -0.25) is 9.20 Å². The first kappa shape index (κ1) is 14.5. The van der Waals surface area contributed by atoms with Gasteiger partial charge in [0, 0.05) is 12.7 Å². The number of carbonyl (C=O) groups is 1. The molecule has 3 aromatic rings. The van der Waals surface area contributed by atoms with Gasteiger partial charge in [-0.2, -0.15) is 4.39 Å². The number of rotatable bonds is 3. The van der Waals surface area contributed by atoms with Crippen molar-refractivity contribution in [1.29, 1.82) is 0 Å². The Morgan fingerprint density at radius 1 is 1.18 bits per heavy atom. The lowest BCUT2D eigenvalue weighted by Crippen LogP contribution is -2.24. The number of benzene rings is 1. The van der Waals surface area contributed by atoms with E-state index in [0.717, 1.165) is 4.40 Å². The molecule has 0 atom stereocenters. The summed E-state index contributed by atoms with van der Waals surface area (Å²) in [6, 6.07) is 8.72. The number of nitrogens with zero attached hydrogens (tertiary/aromatic N) is 2. The maximum atomic E-state index is 14.2. The van der Waals surface area contributed by atoms with Gasteiger partial charge in [0.1, 0.15) is 11.5 Å². The Labute approximate surface area is 129 Å². The fourth-order valence-electron chi connectivity index (χ4n) is 2.00. The number of halogens is 3. The summed E-state index contributed by atoms with van der Waals surface area (Å²) in [6.07, 6.45) is 1.34. The Morgan fingerprint density at radius 3 is 2.64 bits per heavy atom. The van der Waals surface area contributed by atoms with Crippen LogP contribution in [0.15, 0.2) is 42.6 Å². The van der Waals surface area contributed by atoms with Crippen LogP contribution in [-0.2, 0) is 6.54 Å². The SMILES string of the molecule is O=C(NCc1ccc(F)cc1)c1nc2ccc(Cl)cn2c1F. The van der Waals surface area contributed by atoms with Crippen LogP contribution in [0.4, 0.5) is 8.78 Å². The topological polar surface area (TPSA) is 46.4 Å². The Balaban J connectivity index is 1.80. The van der Waals surface area contributed by atoms with Crippen LogP contribution in [0.25, 0.3) is 5.65 Å². The number of hydrogen-bond donors (Lipinski definition) is 1. The summed E-state index contributed by atoms with van der Waals surface area (Å²) >= 11 is 5.79. The van der Waals surface area contributed by atoms with Crippen LogP contribution in [0.1, 0.15) is 16.1 Å². The molecule has 0 fully saturated rings. The Morgan fingerprint density at radius 2 is 1.91 bits per heavy atom. The molecule has 0 unspecified atom stereocenters. The Hall–Kier alpha value is -2.47. The van der Waals surface area contributed by atoms with E-state index in [1.54, 1.807) is 6.07 Å². The molecular formula is C15H10ClF2N3O. The fourth-order valence-corrected chi connectivity index (χ4v) is 2.16. The summed E-state index contributed by atoms with van der Waals surface area (Å²) in [4.78, 5) is 16.0. The van der Waals surface area contributed by atoms with Gasteiger partial charge >= 0.3 is 0 Å². The number of pyridine rings is 1. The number of imidazole rings is 1. The predicted octanol–water partition coefficient (Wildman–Crippen LogP) is 3.20. The molecule has 2 aromatic heterocycles. The first-order valence-electron chi connectivity index (χ1n) is 6.40. The molecule has 0 radical (unpaired) electrons. The zero-order valence-electron chi connectivity index (χ0n) is 11.2. The van der Waals surface area contributed by atoms with Crippen molar-refractivity contribution >= 4 is 23.2 Å². The van der Waals surface area contributed by atoms with E-state index in [1.165, 1.54) is 36.5 Å². The highest BCUT2D eigenvalue weighted by atomic mass is 35.5. The van der Waals surface area contributed by atoms with E-state index < -0.39 is 11.9 Å². The van der Waals surface area contributed by atoms with Gasteiger partial charge in [-0.1, -0.05) is 23.7 Å². The van der Waals surface area contributed by atoms with Gasteiger partial charge in [0.15, 0.2) is 5.69 Å². The van der Waals surface area contributed by atoms with Crippen molar-refractivity contribution < 1.29 is 13.6 Å². The van der Waals surface area contributed by atoms with E-state index in [1.807, 2.05) is 0 Å². The largest absolute Gasteiger partial charge is 0.346 e. The van der Waals surface area contributed by atoms with E-state index in [0.29, 0.717) is 10.6 Å². The molecule has 22 heavy (non-hydrogen) atoms. The second kappa shape index (κ2) is 5.73. The van der Waals surface area contributed by atoms with Crippen molar-refractivity contribution in [3.8, 4) is 0 Å². The Kier molecular flexibility index (Phi) is 3.77. The second-order valence-corrected chi connectivity index (χ2v) is 5.07. The molecular weight excluding hydrogens is 312 g/mol. The number of aromatic nitrogens is 2. The zero-order chi connectivity index (χ0) is 15.7. The monoisotopic (exact) mass is 321 g/mol. The van der Waals surface area contributed by atoms with E-state index in [2.05, 4.69) is 10.3 Å². The molecule has 0 aliphatic rings. The molecule has 1 N–H and O–H groups in total. The number of amides is 1. The molecule has 0 saturated carbocycles. The van der Waals surface area contributed by atoms with Crippen LogP contribution >= 0.6 is 11.6 Å². The van der Waals surface area contributed by atoms with Crippen LogP contribution < -0.4 is 5.32 Å². The van der Waals surface area contributed by atoms with E-state index in [-0.39, 0.29) is 23.7 Å². The van der Waals surface area contributed by atoms with Crippen molar-refractivity contribution in [3.05, 3.63) is 70.6 Å². The zero-order valence-corrected chi connectivity index (χ0v) is 11.9. The first-order chi connectivity index (χ1) is 10.5. The van der Waals surface area contributed by atoms with Crippen LogP contribution in [0, 0.1) is 11.8 Å². The van der Waals surface area contributed by atoms with Gasteiger partial charge in [0.25, 0.3) is 5.91 Å². The summed E-state index contributed by atoms with van der Waals surface area (Å²) < 4.78 is 28.1. The standard InChI is InChI=1S/C15H10ClF2N3O/c16-10-3-6-12-20-13(14(18)21(12)8-10)15(22)19-7-9-1-4-11(17)5-2-9/h1-6,8H,7H2,(H,19,22). The minimum Gasteiger partial charge on any atom is -0.346 e. The van der Waals surface area contributed by atoms with Gasteiger partial charge in [-0.15, -0.1) is 0 Å². The van der Waals surface area contributed by atoms with Crippen LogP contribution in [0.3, 0.4) is 0 Å². The molecule has 1 aromatic carbocycles. The van der Waals surface area contributed by atoms with E-state index in [9.17, 15) is 13.6 Å². The Bertz CT molecular complexity index is 846. The minimum absolute atomic E-state index is 0.146. The summed E-state index contributed by atoms with van der Waals surface area (Å²) in [5.41, 5.74) is 0.667. The summed E-state index contributed by atoms with van der Waals surface area (Å²) in [6.45, 7) is 0.146. The number of fused-ring (bicyclic) bond motifs is 1. The summed E-state index contributed by atoms with van der Waals surface area (Å²) in [7, 11) is 0. The first-order valence-corrected chi connectivity index (χ1v) is 6.78. The minimum atomic E-state index is -0.783. The predicted molar refractivity (Wildman–Crippen MR) is 77.7 cm³/mol. The van der Waals surface area contributed by atoms with Crippen molar-refractivity contribution in [3.63, 3.8) is 0 Å². The highest BCUT2D eigenvalue weighted by molar-refractivity contribution is 6.30. The molecule has 0 aliphatic carbocycles. The van der Waals surface area contributed by atoms with Crippen molar-refractivity contribution in [2.45, 2.75) is 6.54 Å². The third kappa shape index (κ3) is 2.78. The molecule has 0 spiro atoms. The number of hydrogen-bond acceptors (Lipinski definition) is 2. The molecule has 2 heterocycles. The lowest BCUT2D eigenvalue weighted by molar-refractivity contribution is 0.0942. The molecule has 0 bridgehead atoms. The highest BCUT2D eigenvalue weighted by Gasteiger charge is 2.18. The molecule has 7 heteroatoms. The molecule has 4 nitrogen and oxygen atoms in total. The van der Waals surface area contributed by atoms with Crippen molar-refractivity contribution in [1.82, 2.24) is 14.7 Å². The lowest BCUT2D eigenvalue weighted by Gasteiger charge is -2.03. The average molecular weight is 322 g/mol. The quantitative estimate of drug-likeness (QED) is 0.805. The molecule has 0 saturated heterocycles. The van der Waals surface area contributed by atoms with Crippen molar-refractivity contribution in [2.75, 3.05) is 0 Å². The highest BCUT2D eigenvalue weighted by Crippen LogP contribution is 2.15. The molecule has 1 amide bonds. The normalized spacial score (nSPS) is 10.9. The second-order valence-electron chi connectivity index (χ2n) is 4.64. The van der Waals surface area contributed by atoms with E-state index >= 15 is 0 Å². The third-order valence-electron chi connectivity index (χ3n) is 3.11. The van der Waals surface area contributed by atoms with Gasteiger partial charge in [-0.05, 0) is 29.8 Å². The number of nitrogens with one attached hydrogen (secondary N) is 1. The van der Waals surface area contributed by atoms with Crippen molar-refractivity contribution in [2.24, 2.45) is 0 Å². The van der Waals surface area contributed by atoms with E-state index in [4.69, 9.17) is 11.6 Å². The van der Waals surface area contributed by atoms with Crippen LogP contribution in [0.5, 0.6) is 0 Å². The molecule has 112 valence electrons. The van der Waals surface area contributed by atoms with Crippen LogP contribution in [0.2, 0.25) is 5.02 Å².